The molecule has 0 unspecified atom stereocenters. The Bertz CT molecular complexity index is 1140. The molecule has 0 saturated heterocycles. The van der Waals surface area contributed by atoms with Gasteiger partial charge in [-0.25, -0.2) is 5.43 Å². The molecule has 3 aromatic rings. The Kier molecular flexibility index (Phi) is 6.33. The number of hydrazone groups is 1. The van der Waals surface area contributed by atoms with E-state index in [1.165, 1.54) is 29.5 Å². The minimum absolute atomic E-state index is 0.0485. The highest BCUT2D eigenvalue weighted by Gasteiger charge is 2.14. The zero-order valence-electron chi connectivity index (χ0n) is 16.2. The number of carbonyl (C=O) groups is 2. The van der Waals surface area contributed by atoms with Crippen LogP contribution in [0.25, 0.3) is 0 Å². The number of rotatable bonds is 6. The van der Waals surface area contributed by atoms with Crippen molar-refractivity contribution in [2.45, 2.75) is 13.8 Å². The molecule has 0 spiro atoms. The number of nitrogens with one attached hydrogen (secondary N) is 2. The lowest BCUT2D eigenvalue weighted by atomic mass is 10.1. The molecule has 30 heavy (non-hydrogen) atoms. The summed E-state index contributed by atoms with van der Waals surface area (Å²) < 4.78 is 0. The molecule has 3 rings (SSSR count). The fourth-order valence-corrected chi connectivity index (χ4v) is 3.31. The van der Waals surface area contributed by atoms with Gasteiger partial charge in [0.1, 0.15) is 0 Å². The fraction of sp³-hybridized carbons (Fsp3) is 0.0952. The lowest BCUT2D eigenvalue weighted by Crippen LogP contribution is -2.19. The molecule has 152 valence electrons. The Balaban J connectivity index is 1.69. The molecule has 0 aliphatic rings. The summed E-state index contributed by atoms with van der Waals surface area (Å²) in [7, 11) is 0. The normalized spacial score (nSPS) is 11.1. The second kappa shape index (κ2) is 9.10. The minimum Gasteiger partial charge on any atom is -0.321 e. The summed E-state index contributed by atoms with van der Waals surface area (Å²) in [6.45, 7) is 3.29. The first kappa shape index (κ1) is 20.9. The SMILES string of the molecule is C/C(=N/NC(=O)c1ccc([N+](=O)[O-])c(C)c1)c1cccc(NC(=O)c2cccs2)c1. The standard InChI is InChI=1S/C21H18N4O4S/c1-13-11-16(8-9-18(13)25(28)29)20(26)24-23-14(2)15-5-3-6-17(12-15)22-21(27)19-7-4-10-30-19/h3-12H,1-2H3,(H,22,27)(H,24,26)/b23-14-. The van der Waals surface area contributed by atoms with E-state index in [4.69, 9.17) is 0 Å². The molecule has 0 radical (unpaired) electrons. The zero-order valence-corrected chi connectivity index (χ0v) is 17.0. The third-order valence-corrected chi connectivity index (χ3v) is 5.13. The van der Waals surface area contributed by atoms with Crippen molar-refractivity contribution < 1.29 is 14.5 Å². The number of thiophene rings is 1. The van der Waals surface area contributed by atoms with Gasteiger partial charge in [0.25, 0.3) is 17.5 Å². The molecule has 0 aliphatic heterocycles. The number of amides is 2. The van der Waals surface area contributed by atoms with E-state index in [2.05, 4.69) is 15.8 Å². The van der Waals surface area contributed by atoms with Gasteiger partial charge in [-0.2, -0.15) is 5.10 Å². The lowest BCUT2D eigenvalue weighted by Gasteiger charge is -2.07. The van der Waals surface area contributed by atoms with Crippen molar-refractivity contribution in [3.05, 3.63) is 91.7 Å². The van der Waals surface area contributed by atoms with Crippen LogP contribution in [0.3, 0.4) is 0 Å². The molecule has 1 heterocycles. The topological polar surface area (TPSA) is 114 Å². The number of carbonyl (C=O) groups excluding carboxylic acids is 2. The average molecular weight is 422 g/mol. The Morgan fingerprint density at radius 1 is 1.03 bits per heavy atom. The number of nitrogens with zero attached hydrogens (tertiary/aromatic N) is 2. The first-order valence-electron chi connectivity index (χ1n) is 8.90. The van der Waals surface area contributed by atoms with Crippen molar-refractivity contribution in [3.8, 4) is 0 Å². The van der Waals surface area contributed by atoms with E-state index < -0.39 is 10.8 Å². The lowest BCUT2D eigenvalue weighted by molar-refractivity contribution is -0.385. The van der Waals surface area contributed by atoms with Gasteiger partial charge in [0.05, 0.1) is 15.5 Å². The number of nitro benzene ring substituents is 1. The molecule has 2 amide bonds. The first-order chi connectivity index (χ1) is 14.3. The summed E-state index contributed by atoms with van der Waals surface area (Å²) in [4.78, 5) is 35.5. The number of hydrogen-bond donors (Lipinski definition) is 2. The van der Waals surface area contributed by atoms with Crippen LogP contribution in [0.5, 0.6) is 0 Å². The van der Waals surface area contributed by atoms with Crippen molar-refractivity contribution >= 4 is 40.2 Å². The van der Waals surface area contributed by atoms with E-state index in [9.17, 15) is 19.7 Å². The van der Waals surface area contributed by atoms with E-state index in [0.717, 1.165) is 5.56 Å². The van der Waals surface area contributed by atoms with Gasteiger partial charge in [-0.3, -0.25) is 19.7 Å². The van der Waals surface area contributed by atoms with Crippen LogP contribution in [-0.4, -0.2) is 22.4 Å². The zero-order chi connectivity index (χ0) is 21.7. The van der Waals surface area contributed by atoms with Crippen LogP contribution in [-0.2, 0) is 0 Å². The third kappa shape index (κ3) is 4.95. The quantitative estimate of drug-likeness (QED) is 0.349. The van der Waals surface area contributed by atoms with E-state index in [1.54, 1.807) is 38.1 Å². The van der Waals surface area contributed by atoms with Gasteiger partial charge >= 0.3 is 0 Å². The molecule has 0 bridgehead atoms. The summed E-state index contributed by atoms with van der Waals surface area (Å²) in [5.41, 5.74) is 4.93. The molecular weight excluding hydrogens is 404 g/mol. The predicted molar refractivity (Wildman–Crippen MR) is 116 cm³/mol. The molecule has 1 aromatic heterocycles. The van der Waals surface area contributed by atoms with Crippen molar-refractivity contribution in [2.24, 2.45) is 5.10 Å². The molecule has 8 nitrogen and oxygen atoms in total. The van der Waals surface area contributed by atoms with Crippen LogP contribution in [0.4, 0.5) is 11.4 Å². The Hall–Kier alpha value is -3.85. The number of anilines is 1. The van der Waals surface area contributed by atoms with Crippen LogP contribution in [0.2, 0.25) is 0 Å². The molecule has 0 fully saturated rings. The second-order valence-corrected chi connectivity index (χ2v) is 7.36. The largest absolute Gasteiger partial charge is 0.321 e. The highest BCUT2D eigenvalue weighted by Crippen LogP contribution is 2.19. The highest BCUT2D eigenvalue weighted by atomic mass is 32.1. The number of benzene rings is 2. The number of hydrogen-bond acceptors (Lipinski definition) is 6. The van der Waals surface area contributed by atoms with Crippen molar-refractivity contribution in [1.82, 2.24) is 5.43 Å². The van der Waals surface area contributed by atoms with Gasteiger partial charge < -0.3 is 5.32 Å². The second-order valence-electron chi connectivity index (χ2n) is 6.41. The van der Waals surface area contributed by atoms with Crippen LogP contribution in [0, 0.1) is 17.0 Å². The maximum Gasteiger partial charge on any atom is 0.272 e. The van der Waals surface area contributed by atoms with Crippen LogP contribution in [0.15, 0.2) is 65.1 Å². The van der Waals surface area contributed by atoms with E-state index in [1.807, 2.05) is 17.5 Å². The van der Waals surface area contributed by atoms with Gasteiger partial charge in [-0.15, -0.1) is 11.3 Å². The number of nitro groups is 1. The Labute approximate surface area is 176 Å². The van der Waals surface area contributed by atoms with Crippen molar-refractivity contribution in [3.63, 3.8) is 0 Å². The van der Waals surface area contributed by atoms with Crippen LogP contribution in [0.1, 0.15) is 38.1 Å². The van der Waals surface area contributed by atoms with Crippen LogP contribution < -0.4 is 10.7 Å². The summed E-state index contributed by atoms with van der Waals surface area (Å²) >= 11 is 1.35. The maximum atomic E-state index is 12.3. The summed E-state index contributed by atoms with van der Waals surface area (Å²) in [6, 6.07) is 14.8. The molecule has 2 aromatic carbocycles. The fourth-order valence-electron chi connectivity index (χ4n) is 2.69. The monoisotopic (exact) mass is 422 g/mol. The van der Waals surface area contributed by atoms with Crippen molar-refractivity contribution in [2.75, 3.05) is 5.32 Å². The summed E-state index contributed by atoms with van der Waals surface area (Å²) in [5.74, 6) is -0.673. The minimum atomic E-state index is -0.496. The van der Waals surface area contributed by atoms with Gasteiger partial charge in [0.15, 0.2) is 0 Å². The third-order valence-electron chi connectivity index (χ3n) is 4.26. The van der Waals surface area contributed by atoms with Crippen LogP contribution >= 0.6 is 11.3 Å². The highest BCUT2D eigenvalue weighted by molar-refractivity contribution is 7.12. The van der Waals surface area contributed by atoms with Crippen molar-refractivity contribution in [1.29, 1.82) is 0 Å². The van der Waals surface area contributed by atoms with E-state index in [-0.39, 0.29) is 17.2 Å². The molecule has 9 heteroatoms. The average Bonchev–Trinajstić information content (AvgIpc) is 3.26. The van der Waals surface area contributed by atoms with Gasteiger partial charge in [0, 0.05) is 22.9 Å². The molecule has 0 saturated carbocycles. The van der Waals surface area contributed by atoms with Gasteiger partial charge in [-0.05, 0) is 55.1 Å². The molecular formula is C21H18N4O4S. The Morgan fingerprint density at radius 3 is 2.50 bits per heavy atom. The van der Waals surface area contributed by atoms with E-state index in [0.29, 0.717) is 21.8 Å². The number of aryl methyl sites for hydroxylation is 1. The Morgan fingerprint density at radius 2 is 1.83 bits per heavy atom. The predicted octanol–water partition coefficient (Wildman–Crippen LogP) is 4.37. The summed E-state index contributed by atoms with van der Waals surface area (Å²) in [5, 5.41) is 19.6. The molecule has 2 N–H and O–H groups in total. The van der Waals surface area contributed by atoms with Gasteiger partial charge in [-0.1, -0.05) is 18.2 Å². The smallest absolute Gasteiger partial charge is 0.272 e. The maximum absolute atomic E-state index is 12.3. The first-order valence-corrected chi connectivity index (χ1v) is 9.78. The summed E-state index contributed by atoms with van der Waals surface area (Å²) in [6.07, 6.45) is 0. The van der Waals surface area contributed by atoms with E-state index >= 15 is 0 Å². The van der Waals surface area contributed by atoms with Gasteiger partial charge in [0.2, 0.25) is 0 Å². The molecule has 0 atom stereocenters. The molecule has 0 aliphatic carbocycles.